The van der Waals surface area contributed by atoms with Gasteiger partial charge in [0.05, 0.1) is 5.39 Å². The highest BCUT2D eigenvalue weighted by molar-refractivity contribution is 7.17. The number of hydrogen-bond acceptors (Lipinski definition) is 4. The van der Waals surface area contributed by atoms with Crippen LogP contribution in [0.2, 0.25) is 0 Å². The summed E-state index contributed by atoms with van der Waals surface area (Å²) in [7, 11) is 0. The third kappa shape index (κ3) is 3.32. The lowest BCUT2D eigenvalue weighted by Gasteiger charge is -2.14. The summed E-state index contributed by atoms with van der Waals surface area (Å²) in [5.41, 5.74) is 6.52. The molecule has 0 unspecified atom stereocenters. The molecular formula is C18H18FN3O2S. The molecule has 3 aromatic rings. The zero-order valence-electron chi connectivity index (χ0n) is 14.0. The van der Waals surface area contributed by atoms with Crippen molar-refractivity contribution in [3.63, 3.8) is 0 Å². The normalized spacial score (nSPS) is 11.4. The Hall–Kier alpha value is -2.54. The van der Waals surface area contributed by atoms with Crippen LogP contribution < -0.4 is 11.3 Å². The molecule has 0 spiro atoms. The molecule has 0 aliphatic rings. The van der Waals surface area contributed by atoms with Crippen molar-refractivity contribution in [1.29, 1.82) is 0 Å². The van der Waals surface area contributed by atoms with Gasteiger partial charge in [0.1, 0.15) is 16.5 Å². The topological polar surface area (TPSA) is 78.0 Å². The maximum absolute atomic E-state index is 13.2. The SMILES string of the molecule is CC(C)c1nc2scc(-c3ccc(F)cc3)c2c(=O)n1CCC(N)=O. The zero-order valence-corrected chi connectivity index (χ0v) is 14.8. The standard InChI is InChI=1S/C18H18FN3O2S/c1-10(2)16-21-17-15(18(24)22(16)8-7-14(20)23)13(9-25-17)11-3-5-12(19)6-4-11/h3-6,9-10H,7-8H2,1-2H3,(H2,20,23). The molecule has 130 valence electrons. The van der Waals surface area contributed by atoms with E-state index in [1.54, 1.807) is 12.1 Å². The Bertz CT molecular complexity index is 990. The second-order valence-electron chi connectivity index (χ2n) is 6.13. The molecule has 0 saturated heterocycles. The van der Waals surface area contributed by atoms with E-state index in [1.165, 1.54) is 28.0 Å². The van der Waals surface area contributed by atoms with Crippen molar-refractivity contribution in [2.45, 2.75) is 32.7 Å². The minimum atomic E-state index is -0.467. The van der Waals surface area contributed by atoms with Crippen LogP contribution >= 0.6 is 11.3 Å². The van der Waals surface area contributed by atoms with Gasteiger partial charge in [-0.2, -0.15) is 0 Å². The fourth-order valence-corrected chi connectivity index (χ4v) is 3.71. The highest BCUT2D eigenvalue weighted by Crippen LogP contribution is 2.31. The van der Waals surface area contributed by atoms with Gasteiger partial charge < -0.3 is 5.73 Å². The van der Waals surface area contributed by atoms with Gasteiger partial charge in [-0.15, -0.1) is 11.3 Å². The first-order valence-corrected chi connectivity index (χ1v) is 8.82. The average Bonchev–Trinajstić information content (AvgIpc) is 2.98. The summed E-state index contributed by atoms with van der Waals surface area (Å²) in [6, 6.07) is 6.00. The lowest BCUT2D eigenvalue weighted by Crippen LogP contribution is -2.28. The van der Waals surface area contributed by atoms with Crippen LogP contribution in [0.4, 0.5) is 4.39 Å². The van der Waals surface area contributed by atoms with Gasteiger partial charge in [-0.05, 0) is 17.7 Å². The fraction of sp³-hybridized carbons (Fsp3) is 0.278. The third-order valence-electron chi connectivity index (χ3n) is 3.98. The number of thiophene rings is 1. The van der Waals surface area contributed by atoms with E-state index in [-0.39, 0.29) is 30.3 Å². The molecule has 0 aliphatic heterocycles. The molecule has 0 radical (unpaired) electrons. The molecule has 0 fully saturated rings. The van der Waals surface area contributed by atoms with E-state index in [0.717, 1.165) is 11.1 Å². The number of carbonyl (C=O) groups excluding carboxylic acids is 1. The molecule has 3 rings (SSSR count). The summed E-state index contributed by atoms with van der Waals surface area (Å²) in [6.07, 6.45) is 0.0723. The lowest BCUT2D eigenvalue weighted by molar-refractivity contribution is -0.118. The van der Waals surface area contributed by atoms with E-state index < -0.39 is 5.91 Å². The number of nitrogens with zero attached hydrogens (tertiary/aromatic N) is 2. The predicted molar refractivity (Wildman–Crippen MR) is 97.2 cm³/mol. The number of hydrogen-bond donors (Lipinski definition) is 1. The van der Waals surface area contributed by atoms with E-state index in [1.807, 2.05) is 19.2 Å². The van der Waals surface area contributed by atoms with Gasteiger partial charge in [-0.25, -0.2) is 9.37 Å². The minimum Gasteiger partial charge on any atom is -0.370 e. The fourth-order valence-electron chi connectivity index (χ4n) is 2.76. The molecule has 0 aliphatic carbocycles. The molecule has 2 N–H and O–H groups in total. The minimum absolute atomic E-state index is 0.0290. The number of carbonyl (C=O) groups is 1. The first kappa shape index (κ1) is 17.3. The zero-order chi connectivity index (χ0) is 18.1. The quantitative estimate of drug-likeness (QED) is 0.759. The lowest BCUT2D eigenvalue weighted by atomic mass is 10.1. The smallest absolute Gasteiger partial charge is 0.262 e. The van der Waals surface area contributed by atoms with Crippen molar-refractivity contribution in [3.8, 4) is 11.1 Å². The first-order valence-electron chi connectivity index (χ1n) is 7.94. The highest BCUT2D eigenvalue weighted by atomic mass is 32.1. The first-order chi connectivity index (χ1) is 11.9. The van der Waals surface area contributed by atoms with Crippen molar-refractivity contribution in [1.82, 2.24) is 9.55 Å². The van der Waals surface area contributed by atoms with Crippen LogP contribution in [0.15, 0.2) is 34.4 Å². The van der Waals surface area contributed by atoms with Gasteiger partial charge in [-0.1, -0.05) is 26.0 Å². The highest BCUT2D eigenvalue weighted by Gasteiger charge is 2.18. The number of amides is 1. The van der Waals surface area contributed by atoms with Gasteiger partial charge in [0.2, 0.25) is 5.91 Å². The molecule has 1 aromatic carbocycles. The molecule has 0 atom stereocenters. The van der Waals surface area contributed by atoms with Crippen LogP contribution in [0.3, 0.4) is 0 Å². The van der Waals surface area contributed by atoms with Crippen LogP contribution in [-0.4, -0.2) is 15.5 Å². The van der Waals surface area contributed by atoms with Crippen LogP contribution in [0.25, 0.3) is 21.3 Å². The molecule has 0 bridgehead atoms. The third-order valence-corrected chi connectivity index (χ3v) is 4.85. The van der Waals surface area contributed by atoms with Crippen molar-refractivity contribution in [2.75, 3.05) is 0 Å². The number of nitrogens with two attached hydrogens (primary N) is 1. The Morgan fingerprint density at radius 3 is 2.60 bits per heavy atom. The van der Waals surface area contributed by atoms with E-state index in [0.29, 0.717) is 16.0 Å². The summed E-state index contributed by atoms with van der Waals surface area (Å²) < 4.78 is 14.7. The van der Waals surface area contributed by atoms with E-state index >= 15 is 0 Å². The summed E-state index contributed by atoms with van der Waals surface area (Å²) in [5, 5.41) is 2.35. The molecular weight excluding hydrogens is 341 g/mol. The van der Waals surface area contributed by atoms with Crippen molar-refractivity contribution >= 4 is 27.5 Å². The van der Waals surface area contributed by atoms with Crippen LogP contribution in [0.1, 0.15) is 32.0 Å². The second kappa shape index (κ2) is 6.76. The van der Waals surface area contributed by atoms with Gasteiger partial charge in [-0.3, -0.25) is 14.2 Å². The van der Waals surface area contributed by atoms with E-state index in [2.05, 4.69) is 4.98 Å². The summed E-state index contributed by atoms with van der Waals surface area (Å²) in [4.78, 5) is 29.5. The van der Waals surface area contributed by atoms with Gasteiger partial charge in [0, 0.05) is 29.8 Å². The number of fused-ring (bicyclic) bond motifs is 1. The number of primary amides is 1. The summed E-state index contributed by atoms with van der Waals surface area (Å²) in [5.74, 6) is -0.138. The van der Waals surface area contributed by atoms with Crippen molar-refractivity contribution < 1.29 is 9.18 Å². The Kier molecular flexibility index (Phi) is 4.67. The Labute approximate surface area is 147 Å². The van der Waals surface area contributed by atoms with Gasteiger partial charge in [0.15, 0.2) is 0 Å². The van der Waals surface area contributed by atoms with Crippen LogP contribution in [0.5, 0.6) is 0 Å². The monoisotopic (exact) mass is 359 g/mol. The predicted octanol–water partition coefficient (Wildman–Crippen LogP) is 3.26. The number of benzene rings is 1. The molecule has 25 heavy (non-hydrogen) atoms. The van der Waals surface area contributed by atoms with Crippen LogP contribution in [-0.2, 0) is 11.3 Å². The number of halogens is 1. The molecule has 2 heterocycles. The van der Waals surface area contributed by atoms with Crippen molar-refractivity contribution in [3.05, 3.63) is 51.6 Å². The summed E-state index contributed by atoms with van der Waals surface area (Å²) in [6.45, 7) is 4.09. The van der Waals surface area contributed by atoms with E-state index in [9.17, 15) is 14.0 Å². The Morgan fingerprint density at radius 1 is 1.32 bits per heavy atom. The second-order valence-corrected chi connectivity index (χ2v) is 6.99. The number of rotatable bonds is 5. The largest absolute Gasteiger partial charge is 0.370 e. The Balaban J connectivity index is 2.23. The van der Waals surface area contributed by atoms with Gasteiger partial charge in [0.25, 0.3) is 5.56 Å². The molecule has 5 nitrogen and oxygen atoms in total. The van der Waals surface area contributed by atoms with Crippen LogP contribution in [0, 0.1) is 5.82 Å². The van der Waals surface area contributed by atoms with Gasteiger partial charge >= 0.3 is 0 Å². The maximum atomic E-state index is 13.2. The summed E-state index contributed by atoms with van der Waals surface area (Å²) >= 11 is 1.38. The number of aromatic nitrogens is 2. The molecule has 0 saturated carbocycles. The Morgan fingerprint density at radius 2 is 2.00 bits per heavy atom. The maximum Gasteiger partial charge on any atom is 0.262 e. The van der Waals surface area contributed by atoms with Crippen molar-refractivity contribution in [2.24, 2.45) is 5.73 Å². The average molecular weight is 359 g/mol. The molecule has 7 heteroatoms. The molecule has 1 amide bonds. The molecule has 2 aromatic heterocycles. The van der Waals surface area contributed by atoms with E-state index in [4.69, 9.17) is 5.73 Å².